The monoisotopic (exact) mass is 390 g/mol. The third-order valence-corrected chi connectivity index (χ3v) is 5.32. The fourth-order valence-electron chi connectivity index (χ4n) is 2.89. The lowest BCUT2D eigenvalue weighted by molar-refractivity contribution is -0.146. The van der Waals surface area contributed by atoms with Crippen molar-refractivity contribution >= 4 is 37.8 Å². The zero-order valence-electron chi connectivity index (χ0n) is 10.9. The van der Waals surface area contributed by atoms with E-state index in [1.54, 1.807) is 0 Å². The molecule has 0 bridgehead atoms. The fourth-order valence-corrected chi connectivity index (χ4v) is 4.24. The number of ether oxygens (including phenoxy) is 1. The average molecular weight is 392 g/mol. The van der Waals surface area contributed by atoms with Gasteiger partial charge >= 0.3 is 5.97 Å². The Balaban J connectivity index is 2.44. The molecule has 0 radical (unpaired) electrons. The summed E-state index contributed by atoms with van der Waals surface area (Å²) in [5, 5.41) is 9.92. The average Bonchev–Trinajstić information content (AvgIpc) is 2.80. The normalized spacial score (nSPS) is 19.1. The first-order valence-corrected chi connectivity index (χ1v) is 7.87. The molecule has 0 saturated heterocycles. The van der Waals surface area contributed by atoms with E-state index >= 15 is 0 Å². The second-order valence-electron chi connectivity index (χ2n) is 4.77. The van der Waals surface area contributed by atoms with Crippen molar-refractivity contribution < 1.29 is 14.6 Å². The number of rotatable bonds is 3. The van der Waals surface area contributed by atoms with Crippen molar-refractivity contribution in [2.75, 3.05) is 7.11 Å². The molecule has 104 valence electrons. The molecule has 19 heavy (non-hydrogen) atoms. The second-order valence-corrected chi connectivity index (χ2v) is 6.42. The molecule has 1 aromatic rings. The van der Waals surface area contributed by atoms with Gasteiger partial charge in [-0.15, -0.1) is 0 Å². The van der Waals surface area contributed by atoms with Crippen LogP contribution in [0.25, 0.3) is 0 Å². The summed E-state index contributed by atoms with van der Waals surface area (Å²) in [5.41, 5.74) is 2.24. The molecule has 1 aromatic carbocycles. The maximum Gasteiger partial charge on any atom is 0.309 e. The van der Waals surface area contributed by atoms with E-state index in [1.165, 1.54) is 7.11 Å². The molecule has 2 atom stereocenters. The van der Waals surface area contributed by atoms with Gasteiger partial charge in [0.05, 0.1) is 22.0 Å². The van der Waals surface area contributed by atoms with Crippen molar-refractivity contribution in [3.05, 3.63) is 26.1 Å². The van der Waals surface area contributed by atoms with E-state index in [0.717, 1.165) is 34.9 Å². The zero-order valence-corrected chi connectivity index (χ0v) is 14.0. The fraction of sp³-hybridized carbons (Fsp3) is 0.500. The van der Waals surface area contributed by atoms with Gasteiger partial charge in [0, 0.05) is 0 Å². The summed E-state index contributed by atoms with van der Waals surface area (Å²) >= 11 is 6.79. The molecular weight excluding hydrogens is 376 g/mol. The van der Waals surface area contributed by atoms with Crippen LogP contribution in [0, 0.1) is 5.92 Å². The summed E-state index contributed by atoms with van der Waals surface area (Å²) in [5.74, 6) is 0.126. The zero-order chi connectivity index (χ0) is 14.2. The Bertz CT molecular complexity index is 514. The van der Waals surface area contributed by atoms with Gasteiger partial charge in [0.1, 0.15) is 5.75 Å². The van der Waals surface area contributed by atoms with Crippen LogP contribution in [0.4, 0.5) is 0 Å². The number of aromatic hydroxyl groups is 1. The molecule has 0 amide bonds. The van der Waals surface area contributed by atoms with Gasteiger partial charge in [-0.2, -0.15) is 0 Å². The molecule has 1 aliphatic rings. The summed E-state index contributed by atoms with van der Waals surface area (Å²) in [6.45, 7) is 2.00. The first-order chi connectivity index (χ1) is 9.01. The van der Waals surface area contributed by atoms with E-state index in [9.17, 15) is 9.90 Å². The largest absolute Gasteiger partial charge is 0.506 e. The standard InChI is InChI=1S/C14H16Br2O3/c1-3-7(14(18)19-2)8-4-5-9-10(8)6-11(15)13(17)12(9)16/h6-8,17H,3-5H2,1-2H3. The molecule has 2 rings (SSSR count). The Hall–Kier alpha value is -0.550. The quantitative estimate of drug-likeness (QED) is 0.787. The van der Waals surface area contributed by atoms with Crippen molar-refractivity contribution in [3.8, 4) is 5.75 Å². The van der Waals surface area contributed by atoms with Gasteiger partial charge in [0.2, 0.25) is 0 Å². The van der Waals surface area contributed by atoms with E-state index in [1.807, 2.05) is 13.0 Å². The van der Waals surface area contributed by atoms with Crippen LogP contribution >= 0.6 is 31.9 Å². The van der Waals surface area contributed by atoms with E-state index < -0.39 is 0 Å². The SMILES string of the molecule is CCC(C(=O)OC)C1CCc2c1cc(Br)c(O)c2Br. The number of carbonyl (C=O) groups excluding carboxylic acids is 1. The molecule has 0 aliphatic heterocycles. The molecular formula is C14H16Br2O3. The van der Waals surface area contributed by atoms with Crippen LogP contribution in [0.3, 0.4) is 0 Å². The summed E-state index contributed by atoms with van der Waals surface area (Å²) in [4.78, 5) is 11.9. The van der Waals surface area contributed by atoms with Crippen LogP contribution in [0.2, 0.25) is 0 Å². The number of halogens is 2. The third-order valence-electron chi connectivity index (χ3n) is 3.86. The van der Waals surface area contributed by atoms with Gasteiger partial charge in [-0.1, -0.05) is 6.92 Å². The summed E-state index contributed by atoms with van der Waals surface area (Å²) in [6.07, 6.45) is 2.54. The van der Waals surface area contributed by atoms with Crippen LogP contribution in [-0.2, 0) is 16.0 Å². The van der Waals surface area contributed by atoms with E-state index in [4.69, 9.17) is 4.74 Å². The number of hydrogen-bond acceptors (Lipinski definition) is 3. The summed E-state index contributed by atoms with van der Waals surface area (Å²) < 4.78 is 6.30. The number of esters is 1. The topological polar surface area (TPSA) is 46.5 Å². The first kappa shape index (κ1) is 14.9. The van der Waals surface area contributed by atoms with Crippen LogP contribution in [0.15, 0.2) is 15.0 Å². The minimum absolute atomic E-state index is 0.116. The molecule has 0 heterocycles. The maximum absolute atomic E-state index is 11.9. The predicted octanol–water partition coefficient (Wildman–Crippen LogP) is 4.15. The highest BCUT2D eigenvalue weighted by molar-refractivity contribution is 9.11. The molecule has 0 spiro atoms. The Labute approximate surface area is 129 Å². The van der Waals surface area contributed by atoms with Gasteiger partial charge in [-0.05, 0) is 74.2 Å². The highest BCUT2D eigenvalue weighted by Crippen LogP contribution is 2.48. The Morgan fingerprint density at radius 1 is 1.58 bits per heavy atom. The first-order valence-electron chi connectivity index (χ1n) is 6.28. The Morgan fingerprint density at radius 2 is 2.26 bits per heavy atom. The van der Waals surface area contributed by atoms with Gasteiger partial charge < -0.3 is 9.84 Å². The number of fused-ring (bicyclic) bond motifs is 1. The third kappa shape index (κ3) is 2.55. The van der Waals surface area contributed by atoms with Crippen molar-refractivity contribution in [2.24, 2.45) is 5.92 Å². The van der Waals surface area contributed by atoms with Crippen molar-refractivity contribution in [2.45, 2.75) is 32.1 Å². The minimum Gasteiger partial charge on any atom is -0.506 e. The second kappa shape index (κ2) is 5.83. The van der Waals surface area contributed by atoms with Gasteiger partial charge in [0.25, 0.3) is 0 Å². The molecule has 5 heteroatoms. The lowest BCUT2D eigenvalue weighted by Crippen LogP contribution is -2.21. The minimum atomic E-state index is -0.152. The lowest BCUT2D eigenvalue weighted by Gasteiger charge is -2.21. The van der Waals surface area contributed by atoms with Gasteiger partial charge in [-0.3, -0.25) is 4.79 Å². The number of carbonyl (C=O) groups is 1. The molecule has 2 unspecified atom stereocenters. The Morgan fingerprint density at radius 3 is 2.84 bits per heavy atom. The van der Waals surface area contributed by atoms with Gasteiger partial charge in [-0.25, -0.2) is 0 Å². The molecule has 1 N–H and O–H groups in total. The highest BCUT2D eigenvalue weighted by Gasteiger charge is 2.35. The van der Waals surface area contributed by atoms with Crippen LogP contribution in [-0.4, -0.2) is 18.2 Å². The van der Waals surface area contributed by atoms with Crippen LogP contribution < -0.4 is 0 Å². The van der Waals surface area contributed by atoms with Crippen molar-refractivity contribution in [1.29, 1.82) is 0 Å². The number of benzene rings is 1. The van der Waals surface area contributed by atoms with E-state index in [-0.39, 0.29) is 23.6 Å². The van der Waals surface area contributed by atoms with Crippen LogP contribution in [0.1, 0.15) is 36.8 Å². The van der Waals surface area contributed by atoms with Crippen molar-refractivity contribution in [3.63, 3.8) is 0 Å². The highest BCUT2D eigenvalue weighted by atomic mass is 79.9. The van der Waals surface area contributed by atoms with E-state index in [0.29, 0.717) is 4.47 Å². The van der Waals surface area contributed by atoms with Gasteiger partial charge in [0.15, 0.2) is 0 Å². The Kier molecular flexibility index (Phi) is 4.56. The molecule has 0 fully saturated rings. The maximum atomic E-state index is 11.9. The number of phenolic OH excluding ortho intramolecular Hbond substituents is 1. The number of hydrogen-bond donors (Lipinski definition) is 1. The molecule has 3 nitrogen and oxygen atoms in total. The molecule has 0 aromatic heterocycles. The predicted molar refractivity (Wildman–Crippen MR) is 80.4 cm³/mol. The van der Waals surface area contributed by atoms with Crippen LogP contribution in [0.5, 0.6) is 5.75 Å². The van der Waals surface area contributed by atoms with Crippen molar-refractivity contribution in [1.82, 2.24) is 0 Å². The number of phenols is 1. The smallest absolute Gasteiger partial charge is 0.309 e. The summed E-state index contributed by atoms with van der Waals surface area (Å²) in [7, 11) is 1.43. The molecule has 0 saturated carbocycles. The molecule has 1 aliphatic carbocycles. The number of methoxy groups -OCH3 is 1. The van der Waals surface area contributed by atoms with E-state index in [2.05, 4.69) is 31.9 Å². The summed E-state index contributed by atoms with van der Waals surface area (Å²) in [6, 6.07) is 1.93. The lowest BCUT2D eigenvalue weighted by atomic mass is 9.85.